The number of thiophene rings is 1. The smallest absolute Gasteiger partial charge is 0.107 e. The molecular weight excluding hydrogens is 258 g/mol. The SMILES string of the molecule is Cc1cc(C(C)(O)CNC(C)c2cccs2)c(C)o1. The summed E-state index contributed by atoms with van der Waals surface area (Å²) in [5.74, 6) is 1.62. The van der Waals surface area contributed by atoms with Gasteiger partial charge >= 0.3 is 0 Å². The van der Waals surface area contributed by atoms with Gasteiger partial charge in [-0.1, -0.05) is 6.07 Å². The van der Waals surface area contributed by atoms with Gasteiger partial charge in [-0.2, -0.15) is 0 Å². The van der Waals surface area contributed by atoms with Crippen molar-refractivity contribution < 1.29 is 9.52 Å². The second kappa shape index (κ2) is 5.49. The summed E-state index contributed by atoms with van der Waals surface area (Å²) in [5.41, 5.74) is -0.0660. The van der Waals surface area contributed by atoms with Gasteiger partial charge in [0.1, 0.15) is 17.1 Å². The maximum atomic E-state index is 10.6. The molecule has 2 unspecified atom stereocenters. The van der Waals surface area contributed by atoms with Crippen molar-refractivity contribution in [1.82, 2.24) is 5.32 Å². The van der Waals surface area contributed by atoms with Crippen LogP contribution in [0.2, 0.25) is 0 Å². The van der Waals surface area contributed by atoms with Crippen LogP contribution < -0.4 is 5.32 Å². The minimum atomic E-state index is -0.923. The van der Waals surface area contributed by atoms with Crippen molar-refractivity contribution in [3.8, 4) is 0 Å². The summed E-state index contributed by atoms with van der Waals surface area (Å²) >= 11 is 1.72. The minimum absolute atomic E-state index is 0.236. The van der Waals surface area contributed by atoms with Gasteiger partial charge in [-0.3, -0.25) is 0 Å². The van der Waals surface area contributed by atoms with Crippen LogP contribution in [0.3, 0.4) is 0 Å². The highest BCUT2D eigenvalue weighted by molar-refractivity contribution is 7.10. The first-order chi connectivity index (χ1) is 8.90. The monoisotopic (exact) mass is 279 g/mol. The summed E-state index contributed by atoms with van der Waals surface area (Å²) in [5, 5.41) is 16.1. The van der Waals surface area contributed by atoms with Crippen molar-refractivity contribution in [2.45, 2.75) is 39.3 Å². The van der Waals surface area contributed by atoms with Crippen molar-refractivity contribution in [1.29, 1.82) is 0 Å². The van der Waals surface area contributed by atoms with E-state index < -0.39 is 5.60 Å². The molecule has 0 aliphatic carbocycles. The summed E-state index contributed by atoms with van der Waals surface area (Å²) < 4.78 is 5.49. The van der Waals surface area contributed by atoms with Gasteiger partial charge in [0.05, 0.1) is 0 Å². The Balaban J connectivity index is 2.03. The Morgan fingerprint density at radius 2 is 2.21 bits per heavy atom. The first kappa shape index (κ1) is 14.3. The fourth-order valence-corrected chi connectivity index (χ4v) is 3.01. The molecule has 0 saturated heterocycles. The Bertz CT molecular complexity index is 528. The molecule has 2 aromatic heterocycles. The number of aryl methyl sites for hydroxylation is 2. The maximum absolute atomic E-state index is 10.6. The molecule has 3 nitrogen and oxygen atoms in total. The van der Waals surface area contributed by atoms with E-state index in [1.165, 1.54) is 4.88 Å². The number of nitrogens with one attached hydrogen (secondary N) is 1. The molecule has 2 aromatic rings. The molecule has 0 bridgehead atoms. The zero-order chi connectivity index (χ0) is 14.0. The molecule has 0 aliphatic heterocycles. The van der Waals surface area contributed by atoms with Crippen LogP contribution in [0.25, 0.3) is 0 Å². The van der Waals surface area contributed by atoms with E-state index in [2.05, 4.69) is 23.7 Å². The lowest BCUT2D eigenvalue weighted by molar-refractivity contribution is 0.0530. The van der Waals surface area contributed by atoms with Crippen LogP contribution in [0.15, 0.2) is 28.0 Å². The molecule has 0 aromatic carbocycles. The molecule has 0 radical (unpaired) electrons. The fraction of sp³-hybridized carbons (Fsp3) is 0.467. The second-order valence-electron chi connectivity index (χ2n) is 5.22. The summed E-state index contributed by atoms with van der Waals surface area (Å²) in [6.45, 7) is 8.20. The third-order valence-corrected chi connectivity index (χ3v) is 4.40. The van der Waals surface area contributed by atoms with Gasteiger partial charge in [-0.15, -0.1) is 11.3 Å². The Morgan fingerprint density at radius 1 is 1.47 bits per heavy atom. The highest BCUT2D eigenvalue weighted by Crippen LogP contribution is 2.27. The third-order valence-electron chi connectivity index (χ3n) is 3.34. The maximum Gasteiger partial charge on any atom is 0.107 e. The second-order valence-corrected chi connectivity index (χ2v) is 6.20. The third kappa shape index (κ3) is 3.26. The Kier molecular flexibility index (Phi) is 4.13. The largest absolute Gasteiger partial charge is 0.466 e. The van der Waals surface area contributed by atoms with Gasteiger partial charge < -0.3 is 14.8 Å². The average molecular weight is 279 g/mol. The number of hydrogen-bond acceptors (Lipinski definition) is 4. The van der Waals surface area contributed by atoms with Crippen molar-refractivity contribution in [3.63, 3.8) is 0 Å². The van der Waals surface area contributed by atoms with Crippen molar-refractivity contribution >= 4 is 11.3 Å². The minimum Gasteiger partial charge on any atom is -0.466 e. The normalized spacial score (nSPS) is 16.3. The van der Waals surface area contributed by atoms with Crippen molar-refractivity contribution in [3.05, 3.63) is 45.5 Å². The number of aliphatic hydroxyl groups is 1. The van der Waals surface area contributed by atoms with Crippen LogP contribution >= 0.6 is 11.3 Å². The van der Waals surface area contributed by atoms with E-state index in [0.29, 0.717) is 6.54 Å². The van der Waals surface area contributed by atoms with E-state index in [9.17, 15) is 5.11 Å². The molecule has 2 atom stereocenters. The molecule has 104 valence electrons. The summed E-state index contributed by atoms with van der Waals surface area (Å²) in [4.78, 5) is 1.27. The predicted molar refractivity (Wildman–Crippen MR) is 78.5 cm³/mol. The summed E-state index contributed by atoms with van der Waals surface area (Å²) in [7, 11) is 0. The molecule has 0 aliphatic rings. The quantitative estimate of drug-likeness (QED) is 0.880. The van der Waals surface area contributed by atoms with E-state index in [1.807, 2.05) is 32.9 Å². The number of hydrogen-bond donors (Lipinski definition) is 2. The van der Waals surface area contributed by atoms with Gasteiger partial charge in [0.15, 0.2) is 0 Å². The molecule has 0 saturated carbocycles. The molecule has 4 heteroatoms. The molecule has 2 rings (SSSR count). The number of furan rings is 1. The molecule has 2 N–H and O–H groups in total. The van der Waals surface area contributed by atoms with Gasteiger partial charge in [0.25, 0.3) is 0 Å². The molecule has 2 heterocycles. The summed E-state index contributed by atoms with van der Waals surface area (Å²) in [6.07, 6.45) is 0. The van der Waals surface area contributed by atoms with E-state index in [0.717, 1.165) is 17.1 Å². The zero-order valence-corrected chi connectivity index (χ0v) is 12.7. The fourth-order valence-electron chi connectivity index (χ4n) is 2.25. The topological polar surface area (TPSA) is 45.4 Å². The standard InChI is InChI=1S/C15H21NO2S/c1-10-8-13(12(3)18-10)15(4,17)9-16-11(2)14-6-5-7-19-14/h5-8,11,16-17H,9H2,1-4H3. The van der Waals surface area contributed by atoms with Gasteiger partial charge in [-0.25, -0.2) is 0 Å². The molecule has 0 fully saturated rings. The Morgan fingerprint density at radius 3 is 2.74 bits per heavy atom. The van der Waals surface area contributed by atoms with Crippen LogP contribution in [-0.4, -0.2) is 11.7 Å². The first-order valence-electron chi connectivity index (χ1n) is 6.47. The molecule has 0 amide bonds. The lowest BCUT2D eigenvalue weighted by atomic mass is 9.96. The van der Waals surface area contributed by atoms with E-state index in [-0.39, 0.29) is 6.04 Å². The van der Waals surface area contributed by atoms with Gasteiger partial charge in [0, 0.05) is 23.0 Å². The number of rotatable bonds is 5. The van der Waals surface area contributed by atoms with E-state index >= 15 is 0 Å². The molecular formula is C15H21NO2S. The lowest BCUT2D eigenvalue weighted by Gasteiger charge is -2.25. The van der Waals surface area contributed by atoms with Crippen LogP contribution in [0, 0.1) is 13.8 Å². The van der Waals surface area contributed by atoms with Crippen LogP contribution in [0.4, 0.5) is 0 Å². The van der Waals surface area contributed by atoms with Crippen LogP contribution in [0.1, 0.15) is 41.9 Å². The zero-order valence-electron chi connectivity index (χ0n) is 11.9. The van der Waals surface area contributed by atoms with Crippen molar-refractivity contribution in [2.75, 3.05) is 6.54 Å². The molecule has 0 spiro atoms. The van der Waals surface area contributed by atoms with Crippen LogP contribution in [0.5, 0.6) is 0 Å². The van der Waals surface area contributed by atoms with E-state index in [1.54, 1.807) is 11.3 Å². The Labute approximate surface area is 118 Å². The summed E-state index contributed by atoms with van der Waals surface area (Å²) in [6, 6.07) is 6.29. The first-order valence-corrected chi connectivity index (χ1v) is 7.35. The highest BCUT2D eigenvalue weighted by Gasteiger charge is 2.28. The van der Waals surface area contributed by atoms with Crippen molar-refractivity contribution in [2.24, 2.45) is 0 Å². The predicted octanol–water partition coefficient (Wildman–Crippen LogP) is 3.52. The average Bonchev–Trinajstić information content (AvgIpc) is 2.96. The van der Waals surface area contributed by atoms with E-state index in [4.69, 9.17) is 4.42 Å². The highest BCUT2D eigenvalue weighted by atomic mass is 32.1. The van der Waals surface area contributed by atoms with Gasteiger partial charge in [0.2, 0.25) is 0 Å². The van der Waals surface area contributed by atoms with Gasteiger partial charge in [-0.05, 0) is 45.2 Å². The molecule has 19 heavy (non-hydrogen) atoms. The lowest BCUT2D eigenvalue weighted by Crippen LogP contribution is -2.36. The Hall–Kier alpha value is -1.10. The van der Waals surface area contributed by atoms with Crippen LogP contribution in [-0.2, 0) is 5.60 Å².